The molecule has 0 amide bonds. The molecule has 0 saturated carbocycles. The van der Waals surface area contributed by atoms with Crippen molar-refractivity contribution in [3.8, 4) is 11.5 Å². The highest BCUT2D eigenvalue weighted by atomic mass is 16.3. The number of aromatic hydroxyl groups is 2. The lowest BCUT2D eigenvalue weighted by Crippen LogP contribution is -1.96. The number of phenols is 2. The van der Waals surface area contributed by atoms with E-state index in [-0.39, 0.29) is 11.5 Å². The quantitative estimate of drug-likeness (QED) is 0.450. The monoisotopic (exact) mass is 162 g/mol. The Bertz CT molecular complexity index is 307. The minimum Gasteiger partial charge on any atom is -0.504 e. The Balaban J connectivity index is 2.53. The Kier molecular flexibility index (Phi) is 1.54. The van der Waals surface area contributed by atoms with Gasteiger partial charge in [0.15, 0.2) is 11.5 Å². The third-order valence-corrected chi connectivity index (χ3v) is 2.14. The van der Waals surface area contributed by atoms with Crippen molar-refractivity contribution in [1.82, 2.24) is 0 Å². The molecule has 0 radical (unpaired) electrons. The van der Waals surface area contributed by atoms with E-state index in [9.17, 15) is 10.2 Å². The number of benzene rings is 1. The molecule has 0 aromatic heterocycles. The van der Waals surface area contributed by atoms with Gasteiger partial charge >= 0.3 is 0 Å². The molecule has 0 aliphatic heterocycles. The molecule has 1 aromatic rings. The molecule has 0 fully saturated rings. The average molecular weight is 162 g/mol. The van der Waals surface area contributed by atoms with Crippen LogP contribution in [0.15, 0.2) is 24.3 Å². The molecule has 0 bridgehead atoms. The van der Waals surface area contributed by atoms with E-state index in [0.29, 0.717) is 0 Å². The molecule has 0 unspecified atom stereocenters. The van der Waals surface area contributed by atoms with E-state index >= 15 is 0 Å². The van der Waals surface area contributed by atoms with Crippen molar-refractivity contribution in [1.29, 1.82) is 0 Å². The Hall–Kier alpha value is -1.44. The Labute approximate surface area is 70.8 Å². The molecular weight excluding hydrogens is 152 g/mol. The molecule has 62 valence electrons. The van der Waals surface area contributed by atoms with Gasteiger partial charge in [-0.1, -0.05) is 12.2 Å². The summed E-state index contributed by atoms with van der Waals surface area (Å²) in [6.45, 7) is 0. The summed E-state index contributed by atoms with van der Waals surface area (Å²) < 4.78 is 0. The first kappa shape index (κ1) is 7.22. The maximum Gasteiger partial charge on any atom is 0.157 e. The SMILES string of the molecule is Oc1cc2c(cc1O)CC=CC2. The smallest absolute Gasteiger partial charge is 0.157 e. The van der Waals surface area contributed by atoms with Gasteiger partial charge in [0.1, 0.15) is 0 Å². The highest BCUT2D eigenvalue weighted by Gasteiger charge is 2.08. The first-order valence-corrected chi connectivity index (χ1v) is 3.96. The highest BCUT2D eigenvalue weighted by Crippen LogP contribution is 2.30. The maximum atomic E-state index is 9.20. The number of fused-ring (bicyclic) bond motifs is 1. The standard InChI is InChI=1S/C10H10O2/c11-9-5-7-3-1-2-4-8(7)6-10(9)12/h1-2,5-6,11-12H,3-4H2. The van der Waals surface area contributed by atoms with Gasteiger partial charge in [-0.05, 0) is 36.1 Å². The van der Waals surface area contributed by atoms with Crippen molar-refractivity contribution in [2.45, 2.75) is 12.8 Å². The zero-order valence-electron chi connectivity index (χ0n) is 6.62. The maximum absolute atomic E-state index is 9.20. The second-order valence-electron chi connectivity index (χ2n) is 2.99. The highest BCUT2D eigenvalue weighted by molar-refractivity contribution is 5.47. The third kappa shape index (κ3) is 1.05. The number of hydrogen-bond acceptors (Lipinski definition) is 2. The molecule has 1 aliphatic carbocycles. The molecule has 1 aromatic carbocycles. The molecule has 0 atom stereocenters. The van der Waals surface area contributed by atoms with Crippen molar-refractivity contribution in [2.24, 2.45) is 0 Å². The minimum absolute atomic E-state index is 0.0240. The zero-order chi connectivity index (χ0) is 8.55. The van der Waals surface area contributed by atoms with E-state index in [4.69, 9.17) is 0 Å². The number of phenolic OH excluding ortho intramolecular Hbond substituents is 2. The van der Waals surface area contributed by atoms with E-state index in [1.165, 1.54) is 0 Å². The fourth-order valence-corrected chi connectivity index (χ4v) is 1.46. The van der Waals surface area contributed by atoms with Gasteiger partial charge in [-0.2, -0.15) is 0 Å². The summed E-state index contributed by atoms with van der Waals surface area (Å²) in [5.41, 5.74) is 2.21. The van der Waals surface area contributed by atoms with Crippen LogP contribution in [-0.2, 0) is 12.8 Å². The summed E-state index contributed by atoms with van der Waals surface area (Å²) >= 11 is 0. The first-order chi connectivity index (χ1) is 5.77. The fourth-order valence-electron chi connectivity index (χ4n) is 1.46. The molecule has 2 heteroatoms. The summed E-state index contributed by atoms with van der Waals surface area (Å²) in [6.07, 6.45) is 5.84. The molecule has 0 heterocycles. The van der Waals surface area contributed by atoms with Crippen LogP contribution in [-0.4, -0.2) is 10.2 Å². The zero-order valence-corrected chi connectivity index (χ0v) is 6.62. The number of hydrogen-bond donors (Lipinski definition) is 2. The van der Waals surface area contributed by atoms with Crippen molar-refractivity contribution in [2.75, 3.05) is 0 Å². The van der Waals surface area contributed by atoms with Crippen molar-refractivity contribution in [3.63, 3.8) is 0 Å². The molecule has 2 rings (SSSR count). The van der Waals surface area contributed by atoms with Crippen molar-refractivity contribution >= 4 is 0 Å². The van der Waals surface area contributed by atoms with Crippen LogP contribution in [0.4, 0.5) is 0 Å². The van der Waals surface area contributed by atoms with Crippen LogP contribution in [0.3, 0.4) is 0 Å². The predicted octanol–water partition coefficient (Wildman–Crippen LogP) is 1.75. The predicted molar refractivity (Wildman–Crippen MR) is 46.3 cm³/mol. The summed E-state index contributed by atoms with van der Waals surface area (Å²) in [4.78, 5) is 0. The normalized spacial score (nSPS) is 14.3. The van der Waals surface area contributed by atoms with Gasteiger partial charge in [0.05, 0.1) is 0 Å². The first-order valence-electron chi connectivity index (χ1n) is 3.96. The van der Waals surface area contributed by atoms with Crippen LogP contribution in [0.1, 0.15) is 11.1 Å². The molecule has 12 heavy (non-hydrogen) atoms. The summed E-state index contributed by atoms with van der Waals surface area (Å²) in [7, 11) is 0. The topological polar surface area (TPSA) is 40.5 Å². The van der Waals surface area contributed by atoms with E-state index < -0.39 is 0 Å². The van der Waals surface area contributed by atoms with Crippen molar-refractivity contribution < 1.29 is 10.2 Å². The van der Waals surface area contributed by atoms with Gasteiger partial charge in [0.2, 0.25) is 0 Å². The Morgan fingerprint density at radius 1 is 0.833 bits per heavy atom. The fraction of sp³-hybridized carbons (Fsp3) is 0.200. The molecular formula is C10H10O2. The second kappa shape index (κ2) is 2.55. The van der Waals surface area contributed by atoms with Crippen LogP contribution in [0.25, 0.3) is 0 Å². The van der Waals surface area contributed by atoms with E-state index in [2.05, 4.69) is 12.2 Å². The average Bonchev–Trinajstić information content (AvgIpc) is 2.07. The minimum atomic E-state index is -0.0240. The van der Waals surface area contributed by atoms with Crippen molar-refractivity contribution in [3.05, 3.63) is 35.4 Å². The van der Waals surface area contributed by atoms with E-state index in [1.807, 2.05) is 0 Å². The van der Waals surface area contributed by atoms with Gasteiger partial charge in [0, 0.05) is 0 Å². The largest absolute Gasteiger partial charge is 0.504 e. The molecule has 1 aliphatic rings. The third-order valence-electron chi connectivity index (χ3n) is 2.14. The second-order valence-corrected chi connectivity index (χ2v) is 2.99. The Morgan fingerprint density at radius 3 is 1.67 bits per heavy atom. The van der Waals surface area contributed by atoms with Gasteiger partial charge in [0.25, 0.3) is 0 Å². The van der Waals surface area contributed by atoms with E-state index in [1.54, 1.807) is 12.1 Å². The summed E-state index contributed by atoms with van der Waals surface area (Å²) in [5.74, 6) is -0.0481. The lowest BCUT2D eigenvalue weighted by atomic mass is 9.96. The number of allylic oxidation sites excluding steroid dienone is 2. The molecule has 0 spiro atoms. The van der Waals surface area contributed by atoms with Gasteiger partial charge < -0.3 is 10.2 Å². The van der Waals surface area contributed by atoms with Crippen LogP contribution in [0.5, 0.6) is 11.5 Å². The summed E-state index contributed by atoms with van der Waals surface area (Å²) in [6, 6.07) is 3.27. The summed E-state index contributed by atoms with van der Waals surface area (Å²) in [5, 5.41) is 18.4. The molecule has 0 saturated heterocycles. The van der Waals surface area contributed by atoms with Crippen LogP contribution in [0.2, 0.25) is 0 Å². The van der Waals surface area contributed by atoms with Crippen LogP contribution in [0, 0.1) is 0 Å². The van der Waals surface area contributed by atoms with Gasteiger partial charge in [-0.3, -0.25) is 0 Å². The van der Waals surface area contributed by atoms with Gasteiger partial charge in [-0.15, -0.1) is 0 Å². The van der Waals surface area contributed by atoms with Crippen LogP contribution >= 0.6 is 0 Å². The molecule has 2 nitrogen and oxygen atoms in total. The molecule has 2 N–H and O–H groups in total. The lowest BCUT2D eigenvalue weighted by Gasteiger charge is -2.11. The lowest BCUT2D eigenvalue weighted by molar-refractivity contribution is 0.402. The van der Waals surface area contributed by atoms with Crippen LogP contribution < -0.4 is 0 Å². The van der Waals surface area contributed by atoms with E-state index in [0.717, 1.165) is 24.0 Å². The van der Waals surface area contributed by atoms with Gasteiger partial charge in [-0.25, -0.2) is 0 Å². The Morgan fingerprint density at radius 2 is 1.25 bits per heavy atom. The number of rotatable bonds is 0.